The van der Waals surface area contributed by atoms with Crippen LogP contribution in [-0.2, 0) is 16.1 Å². The Balaban J connectivity index is 1.58. The standard InChI is InChI=1S/C35H37N3O5S/c1-8-42-34(40)31-23(4)36-35-38(32(31)25-13-15-27(16-14-25)37(5)6)33(39)30(44-35)19-24-12-17-29(41-7)26(18-24)20-43-28-11-9-10-21(2)22(28)3/h9-19,32H,8,20H2,1-7H3/b30-19+. The van der Waals surface area contributed by atoms with Gasteiger partial charge in [-0.2, -0.15) is 0 Å². The van der Waals surface area contributed by atoms with E-state index >= 15 is 0 Å². The molecule has 0 radical (unpaired) electrons. The maximum atomic E-state index is 14.0. The van der Waals surface area contributed by atoms with Crippen LogP contribution in [0.2, 0.25) is 0 Å². The first kappa shape index (κ1) is 30.8. The summed E-state index contributed by atoms with van der Waals surface area (Å²) in [6.07, 6.45) is 1.85. The van der Waals surface area contributed by atoms with Crippen LogP contribution in [0.3, 0.4) is 0 Å². The van der Waals surface area contributed by atoms with E-state index in [2.05, 4.69) is 13.0 Å². The maximum absolute atomic E-state index is 14.0. The fraction of sp³-hybridized carbons (Fsp3) is 0.286. The summed E-state index contributed by atoms with van der Waals surface area (Å²) in [5.74, 6) is 1.04. The van der Waals surface area contributed by atoms with Crippen molar-refractivity contribution in [2.75, 3.05) is 32.7 Å². The number of carbonyl (C=O) groups excluding carboxylic acids is 1. The van der Waals surface area contributed by atoms with Gasteiger partial charge in [0.2, 0.25) is 0 Å². The predicted octanol–water partition coefficient (Wildman–Crippen LogP) is 5.07. The minimum Gasteiger partial charge on any atom is -0.496 e. The summed E-state index contributed by atoms with van der Waals surface area (Å²) in [5, 5.41) is 0. The van der Waals surface area contributed by atoms with Crippen molar-refractivity contribution in [3.05, 3.63) is 119 Å². The second-order valence-electron chi connectivity index (χ2n) is 10.8. The highest BCUT2D eigenvalue weighted by Crippen LogP contribution is 2.32. The van der Waals surface area contributed by atoms with E-state index in [1.807, 2.05) is 86.6 Å². The Labute approximate surface area is 261 Å². The summed E-state index contributed by atoms with van der Waals surface area (Å²) in [5.41, 5.74) is 6.41. The number of anilines is 1. The second-order valence-corrected chi connectivity index (χ2v) is 11.9. The molecule has 3 aromatic carbocycles. The molecule has 0 aliphatic carbocycles. The first-order chi connectivity index (χ1) is 21.1. The molecule has 0 bridgehead atoms. The minimum absolute atomic E-state index is 0.222. The number of methoxy groups -OCH3 is 1. The van der Waals surface area contributed by atoms with Crippen LogP contribution < -0.4 is 29.3 Å². The number of nitrogens with zero attached hydrogens (tertiary/aromatic N) is 3. The summed E-state index contributed by atoms with van der Waals surface area (Å²) >= 11 is 1.29. The molecule has 0 saturated heterocycles. The molecule has 1 aromatic heterocycles. The van der Waals surface area contributed by atoms with Crippen molar-refractivity contribution >= 4 is 29.1 Å². The van der Waals surface area contributed by atoms with E-state index in [4.69, 9.17) is 19.2 Å². The number of fused-ring (bicyclic) bond motifs is 1. The van der Waals surface area contributed by atoms with Crippen LogP contribution in [-0.4, -0.2) is 38.3 Å². The summed E-state index contributed by atoms with van der Waals surface area (Å²) in [4.78, 5) is 34.5. The van der Waals surface area contributed by atoms with Crippen LogP contribution in [0.25, 0.3) is 6.08 Å². The molecule has 0 spiro atoms. The van der Waals surface area contributed by atoms with Crippen LogP contribution in [0.4, 0.5) is 5.69 Å². The quantitative estimate of drug-likeness (QED) is 0.246. The number of hydrogen-bond acceptors (Lipinski definition) is 8. The second kappa shape index (κ2) is 12.9. The molecule has 1 aliphatic heterocycles. The highest BCUT2D eigenvalue weighted by molar-refractivity contribution is 7.07. The SMILES string of the molecule is CCOC(=O)C1=C(C)N=c2s/c(=C/c3ccc(OC)c(COc4cccc(C)c4C)c3)c(=O)n2C1c1ccc(N(C)C)cc1. The van der Waals surface area contributed by atoms with Crippen LogP contribution in [0, 0.1) is 13.8 Å². The summed E-state index contributed by atoms with van der Waals surface area (Å²) in [7, 11) is 5.56. The zero-order chi connectivity index (χ0) is 31.5. The van der Waals surface area contributed by atoms with E-state index in [0.29, 0.717) is 33.0 Å². The van der Waals surface area contributed by atoms with E-state index in [-0.39, 0.29) is 12.2 Å². The van der Waals surface area contributed by atoms with Crippen LogP contribution in [0.1, 0.15) is 47.7 Å². The van der Waals surface area contributed by atoms with Crippen molar-refractivity contribution in [3.63, 3.8) is 0 Å². The monoisotopic (exact) mass is 611 g/mol. The molecule has 9 heteroatoms. The molecule has 1 unspecified atom stereocenters. The van der Waals surface area contributed by atoms with Gasteiger partial charge in [-0.1, -0.05) is 41.7 Å². The smallest absolute Gasteiger partial charge is 0.338 e. The zero-order valence-electron chi connectivity index (χ0n) is 26.1. The molecule has 1 atom stereocenters. The van der Waals surface area contributed by atoms with Gasteiger partial charge in [0, 0.05) is 25.3 Å². The maximum Gasteiger partial charge on any atom is 0.338 e. The van der Waals surface area contributed by atoms with Gasteiger partial charge in [-0.25, -0.2) is 9.79 Å². The number of ether oxygens (including phenoxy) is 3. The summed E-state index contributed by atoms with van der Waals surface area (Å²) < 4.78 is 19.3. The number of benzene rings is 3. The van der Waals surface area contributed by atoms with Crippen molar-refractivity contribution < 1.29 is 19.0 Å². The zero-order valence-corrected chi connectivity index (χ0v) is 27.0. The third kappa shape index (κ3) is 6.05. The Morgan fingerprint density at radius 2 is 1.80 bits per heavy atom. The van der Waals surface area contributed by atoms with E-state index in [9.17, 15) is 9.59 Å². The number of esters is 1. The fourth-order valence-electron chi connectivity index (χ4n) is 5.25. The van der Waals surface area contributed by atoms with E-state index in [1.165, 1.54) is 11.3 Å². The Bertz CT molecular complexity index is 1920. The van der Waals surface area contributed by atoms with Gasteiger partial charge in [0.15, 0.2) is 4.80 Å². The van der Waals surface area contributed by atoms with Crippen molar-refractivity contribution in [1.82, 2.24) is 4.57 Å². The lowest BCUT2D eigenvalue weighted by molar-refractivity contribution is -0.139. The summed E-state index contributed by atoms with van der Waals surface area (Å²) in [6, 6.07) is 18.9. The molecule has 0 amide bonds. The molecule has 1 aliphatic rings. The van der Waals surface area contributed by atoms with Gasteiger partial charge in [-0.15, -0.1) is 0 Å². The fourth-order valence-corrected chi connectivity index (χ4v) is 6.30. The van der Waals surface area contributed by atoms with Crippen LogP contribution >= 0.6 is 11.3 Å². The molecule has 0 saturated carbocycles. The lowest BCUT2D eigenvalue weighted by Crippen LogP contribution is -2.39. The number of aromatic nitrogens is 1. The average Bonchev–Trinajstić information content (AvgIpc) is 3.31. The van der Waals surface area contributed by atoms with Gasteiger partial charge in [0.05, 0.1) is 35.6 Å². The Kier molecular flexibility index (Phi) is 9.06. The molecule has 0 N–H and O–H groups in total. The predicted molar refractivity (Wildman–Crippen MR) is 174 cm³/mol. The minimum atomic E-state index is -0.666. The van der Waals surface area contributed by atoms with Crippen molar-refractivity contribution in [2.45, 2.75) is 40.3 Å². The van der Waals surface area contributed by atoms with Gasteiger partial charge in [0.1, 0.15) is 18.1 Å². The van der Waals surface area contributed by atoms with Gasteiger partial charge >= 0.3 is 5.97 Å². The molecular formula is C35H37N3O5S. The number of aryl methyl sites for hydroxylation is 1. The van der Waals surface area contributed by atoms with Gasteiger partial charge in [0.25, 0.3) is 5.56 Å². The van der Waals surface area contributed by atoms with Crippen LogP contribution in [0.5, 0.6) is 11.5 Å². The number of rotatable bonds is 9. The third-order valence-electron chi connectivity index (χ3n) is 7.78. The number of thiazole rings is 1. The number of carbonyl (C=O) groups is 1. The molecule has 8 nitrogen and oxygen atoms in total. The Morgan fingerprint density at radius 3 is 2.48 bits per heavy atom. The van der Waals surface area contributed by atoms with E-state index in [0.717, 1.165) is 39.3 Å². The molecule has 0 fully saturated rings. The first-order valence-corrected chi connectivity index (χ1v) is 15.3. The number of allylic oxidation sites excluding steroid dienone is 1. The highest BCUT2D eigenvalue weighted by atomic mass is 32.1. The van der Waals surface area contributed by atoms with E-state index < -0.39 is 12.0 Å². The molecule has 228 valence electrons. The van der Waals surface area contributed by atoms with E-state index in [1.54, 1.807) is 25.5 Å². The lowest BCUT2D eigenvalue weighted by Gasteiger charge is -2.25. The van der Waals surface area contributed by atoms with Crippen molar-refractivity contribution in [1.29, 1.82) is 0 Å². The van der Waals surface area contributed by atoms with Gasteiger partial charge in [-0.05, 0) is 86.4 Å². The van der Waals surface area contributed by atoms with Gasteiger partial charge < -0.3 is 19.1 Å². The third-order valence-corrected chi connectivity index (χ3v) is 8.77. The van der Waals surface area contributed by atoms with Crippen molar-refractivity contribution in [3.8, 4) is 11.5 Å². The molecule has 5 rings (SSSR count). The molecular weight excluding hydrogens is 574 g/mol. The normalized spacial score (nSPS) is 14.6. The average molecular weight is 612 g/mol. The highest BCUT2D eigenvalue weighted by Gasteiger charge is 2.33. The Hall–Kier alpha value is -4.63. The van der Waals surface area contributed by atoms with Gasteiger partial charge in [-0.3, -0.25) is 9.36 Å². The molecule has 44 heavy (non-hydrogen) atoms. The number of hydrogen-bond donors (Lipinski definition) is 0. The van der Waals surface area contributed by atoms with Crippen molar-refractivity contribution in [2.24, 2.45) is 4.99 Å². The largest absolute Gasteiger partial charge is 0.496 e. The topological polar surface area (TPSA) is 82.4 Å². The molecule has 4 aromatic rings. The summed E-state index contributed by atoms with van der Waals surface area (Å²) in [6.45, 7) is 8.17. The Morgan fingerprint density at radius 1 is 1.05 bits per heavy atom. The lowest BCUT2D eigenvalue weighted by atomic mass is 9.95. The van der Waals surface area contributed by atoms with Crippen LogP contribution in [0.15, 0.2) is 81.7 Å². The first-order valence-electron chi connectivity index (χ1n) is 14.5. The molecule has 2 heterocycles.